The summed E-state index contributed by atoms with van der Waals surface area (Å²) in [6, 6.07) is 5.56. The molecule has 6 nitrogen and oxygen atoms in total. The molecule has 7 heteroatoms. The lowest BCUT2D eigenvalue weighted by Gasteiger charge is -2.34. The maximum Gasteiger partial charge on any atom is 0.246 e. The molecule has 3 amide bonds. The van der Waals surface area contributed by atoms with Crippen molar-refractivity contribution in [2.45, 2.75) is 0 Å². The van der Waals surface area contributed by atoms with Crippen LogP contribution in [0, 0.1) is 11.7 Å². The van der Waals surface area contributed by atoms with Gasteiger partial charge in [0.25, 0.3) is 0 Å². The van der Waals surface area contributed by atoms with Crippen LogP contribution in [0.5, 0.6) is 0 Å². The summed E-state index contributed by atoms with van der Waals surface area (Å²) in [5.41, 5.74) is -0.0611. The van der Waals surface area contributed by atoms with Gasteiger partial charge in [0.15, 0.2) is 5.92 Å². The van der Waals surface area contributed by atoms with Crippen LogP contribution in [-0.4, -0.2) is 48.3 Å². The fraction of sp³-hybridized carbons (Fsp3) is 0.308. The number of nitrogens with zero attached hydrogens (tertiary/aromatic N) is 2. The van der Waals surface area contributed by atoms with E-state index >= 15 is 0 Å². The SMILES string of the molecule is CN1CN(C)C(=O)C(C(=O)Nc2ccccc2F)C1=O. The van der Waals surface area contributed by atoms with Gasteiger partial charge >= 0.3 is 0 Å². The molecule has 0 aromatic heterocycles. The number of rotatable bonds is 2. The Hall–Kier alpha value is -2.44. The average Bonchev–Trinajstić information content (AvgIpc) is 2.39. The molecule has 1 heterocycles. The quantitative estimate of drug-likeness (QED) is 0.790. The first-order valence-corrected chi connectivity index (χ1v) is 5.97. The molecule has 1 aromatic rings. The van der Waals surface area contributed by atoms with Crippen molar-refractivity contribution in [2.24, 2.45) is 5.92 Å². The molecular weight excluding hydrogens is 265 g/mol. The molecule has 0 atom stereocenters. The molecule has 0 spiro atoms. The monoisotopic (exact) mass is 279 g/mol. The van der Waals surface area contributed by atoms with Gasteiger partial charge in [-0.3, -0.25) is 14.4 Å². The highest BCUT2D eigenvalue weighted by atomic mass is 19.1. The summed E-state index contributed by atoms with van der Waals surface area (Å²) in [5.74, 6) is -4.12. The van der Waals surface area contributed by atoms with E-state index in [0.717, 1.165) is 0 Å². The van der Waals surface area contributed by atoms with Crippen LogP contribution in [0.15, 0.2) is 24.3 Å². The lowest BCUT2D eigenvalue weighted by atomic mass is 10.0. The van der Waals surface area contributed by atoms with Crippen molar-refractivity contribution in [3.8, 4) is 0 Å². The van der Waals surface area contributed by atoms with Crippen molar-refractivity contribution in [3.63, 3.8) is 0 Å². The lowest BCUT2D eigenvalue weighted by molar-refractivity contribution is -0.158. The molecule has 0 unspecified atom stereocenters. The third kappa shape index (κ3) is 2.47. The van der Waals surface area contributed by atoms with Gasteiger partial charge < -0.3 is 15.1 Å². The molecule has 1 aliphatic heterocycles. The lowest BCUT2D eigenvalue weighted by Crippen LogP contribution is -2.57. The molecule has 20 heavy (non-hydrogen) atoms. The Balaban J connectivity index is 2.21. The standard InChI is InChI=1S/C13H14FN3O3/c1-16-7-17(2)13(20)10(12(16)19)11(18)15-9-6-4-3-5-8(9)14/h3-6,10H,7H2,1-2H3,(H,15,18). The number of nitrogens with one attached hydrogen (secondary N) is 1. The zero-order valence-corrected chi connectivity index (χ0v) is 11.1. The normalized spacial score (nSPS) is 16.6. The van der Waals surface area contributed by atoms with E-state index in [0.29, 0.717) is 0 Å². The number of hydrogen-bond acceptors (Lipinski definition) is 3. The van der Waals surface area contributed by atoms with Crippen LogP contribution in [-0.2, 0) is 14.4 Å². The van der Waals surface area contributed by atoms with Gasteiger partial charge in [0.1, 0.15) is 5.82 Å². The fourth-order valence-corrected chi connectivity index (χ4v) is 2.00. The molecule has 0 saturated carbocycles. The number of anilines is 1. The van der Waals surface area contributed by atoms with Gasteiger partial charge in [-0.25, -0.2) is 4.39 Å². The predicted octanol–water partition coefficient (Wildman–Crippen LogP) is 0.268. The first-order chi connectivity index (χ1) is 9.41. The molecule has 1 aliphatic rings. The third-order valence-corrected chi connectivity index (χ3v) is 3.06. The first-order valence-electron chi connectivity index (χ1n) is 5.97. The first kappa shape index (κ1) is 14.0. The molecule has 1 saturated heterocycles. The number of carbonyl (C=O) groups excluding carboxylic acids is 3. The van der Waals surface area contributed by atoms with E-state index in [1.807, 2.05) is 0 Å². The summed E-state index contributed by atoms with van der Waals surface area (Å²) < 4.78 is 13.5. The van der Waals surface area contributed by atoms with Crippen molar-refractivity contribution in [2.75, 3.05) is 26.1 Å². The molecule has 1 N–H and O–H groups in total. The van der Waals surface area contributed by atoms with E-state index in [4.69, 9.17) is 0 Å². The van der Waals surface area contributed by atoms with Crippen LogP contribution in [0.4, 0.5) is 10.1 Å². The van der Waals surface area contributed by atoms with Crippen molar-refractivity contribution in [1.29, 1.82) is 0 Å². The minimum atomic E-state index is -1.47. The average molecular weight is 279 g/mol. The zero-order valence-electron chi connectivity index (χ0n) is 11.1. The minimum absolute atomic E-state index is 0.0611. The molecule has 106 valence electrons. The smallest absolute Gasteiger partial charge is 0.246 e. The maximum atomic E-state index is 13.5. The largest absolute Gasteiger partial charge is 0.327 e. The highest BCUT2D eigenvalue weighted by Crippen LogP contribution is 2.18. The van der Waals surface area contributed by atoms with E-state index in [2.05, 4.69) is 5.32 Å². The van der Waals surface area contributed by atoms with Crippen LogP contribution in [0.1, 0.15) is 0 Å². The molecule has 0 radical (unpaired) electrons. The second-order valence-corrected chi connectivity index (χ2v) is 4.62. The van der Waals surface area contributed by atoms with E-state index in [9.17, 15) is 18.8 Å². The van der Waals surface area contributed by atoms with Gasteiger partial charge in [0.05, 0.1) is 12.4 Å². The van der Waals surface area contributed by atoms with Crippen LogP contribution < -0.4 is 5.32 Å². The summed E-state index contributed by atoms with van der Waals surface area (Å²) in [5, 5.41) is 2.27. The van der Waals surface area contributed by atoms with Gasteiger partial charge in [-0.2, -0.15) is 0 Å². The van der Waals surface area contributed by atoms with Crippen molar-refractivity contribution >= 4 is 23.4 Å². The highest BCUT2D eigenvalue weighted by molar-refractivity contribution is 6.21. The summed E-state index contributed by atoms with van der Waals surface area (Å²) in [6.07, 6.45) is 0. The second kappa shape index (κ2) is 5.28. The number of carbonyl (C=O) groups is 3. The third-order valence-electron chi connectivity index (χ3n) is 3.06. The topological polar surface area (TPSA) is 69.7 Å². The van der Waals surface area contributed by atoms with E-state index in [-0.39, 0.29) is 12.4 Å². The van der Waals surface area contributed by atoms with E-state index < -0.39 is 29.5 Å². The van der Waals surface area contributed by atoms with Crippen molar-refractivity contribution in [1.82, 2.24) is 9.80 Å². The molecule has 2 rings (SSSR count). The number of hydrogen-bond donors (Lipinski definition) is 1. The maximum absolute atomic E-state index is 13.5. The van der Waals surface area contributed by atoms with Gasteiger partial charge in [0.2, 0.25) is 17.7 Å². The molecular formula is C13H14FN3O3. The molecule has 1 aromatic carbocycles. The van der Waals surface area contributed by atoms with Crippen LogP contribution in [0.3, 0.4) is 0 Å². The number of amides is 3. The van der Waals surface area contributed by atoms with E-state index in [1.165, 1.54) is 42.1 Å². The van der Waals surface area contributed by atoms with Crippen molar-refractivity contribution < 1.29 is 18.8 Å². The Kier molecular flexibility index (Phi) is 3.69. The highest BCUT2D eigenvalue weighted by Gasteiger charge is 2.42. The fourth-order valence-electron chi connectivity index (χ4n) is 2.00. The zero-order chi connectivity index (χ0) is 14.9. The summed E-state index contributed by atoms with van der Waals surface area (Å²) in [6.45, 7) is 0.126. The van der Waals surface area contributed by atoms with Gasteiger partial charge in [0, 0.05) is 14.1 Å². The van der Waals surface area contributed by atoms with Crippen molar-refractivity contribution in [3.05, 3.63) is 30.1 Å². The summed E-state index contributed by atoms with van der Waals surface area (Å²) in [4.78, 5) is 38.4. The van der Waals surface area contributed by atoms with Gasteiger partial charge in [-0.15, -0.1) is 0 Å². The van der Waals surface area contributed by atoms with Gasteiger partial charge in [-0.1, -0.05) is 12.1 Å². The molecule has 1 fully saturated rings. The Bertz CT molecular complexity index is 556. The van der Waals surface area contributed by atoms with Crippen LogP contribution in [0.2, 0.25) is 0 Å². The Morgan fingerprint density at radius 3 is 2.30 bits per heavy atom. The predicted molar refractivity (Wildman–Crippen MR) is 68.9 cm³/mol. The number of para-hydroxylation sites is 1. The molecule has 0 aliphatic carbocycles. The van der Waals surface area contributed by atoms with Crippen LogP contribution >= 0.6 is 0 Å². The Morgan fingerprint density at radius 1 is 1.20 bits per heavy atom. The second-order valence-electron chi connectivity index (χ2n) is 4.62. The Labute approximate surface area is 115 Å². The minimum Gasteiger partial charge on any atom is -0.327 e. The summed E-state index contributed by atoms with van der Waals surface area (Å²) in [7, 11) is 2.99. The number of benzene rings is 1. The van der Waals surface area contributed by atoms with Gasteiger partial charge in [-0.05, 0) is 12.1 Å². The Morgan fingerprint density at radius 2 is 1.75 bits per heavy atom. The molecule has 0 bridgehead atoms. The van der Waals surface area contributed by atoms with Crippen LogP contribution in [0.25, 0.3) is 0 Å². The van der Waals surface area contributed by atoms with E-state index in [1.54, 1.807) is 6.07 Å². The number of halogens is 1. The summed E-state index contributed by atoms with van der Waals surface area (Å²) >= 11 is 0.